The Morgan fingerprint density at radius 1 is 1.18 bits per heavy atom. The SMILES string of the molecule is CN=C(NCc1ccc(N2CCSCC2)cc1)N1CCS(=O)(=O)C(C)(C)C1.I. The maximum absolute atomic E-state index is 12.2. The molecule has 0 atom stereocenters. The summed E-state index contributed by atoms with van der Waals surface area (Å²) in [6, 6.07) is 8.68. The van der Waals surface area contributed by atoms with Crippen molar-refractivity contribution in [1.29, 1.82) is 0 Å². The van der Waals surface area contributed by atoms with Crippen molar-refractivity contribution in [1.82, 2.24) is 10.2 Å². The molecular weight excluding hydrogens is 507 g/mol. The topological polar surface area (TPSA) is 65.0 Å². The highest BCUT2D eigenvalue weighted by Crippen LogP contribution is 2.24. The fraction of sp³-hybridized carbons (Fsp3) is 0.632. The first-order valence-electron chi connectivity index (χ1n) is 9.42. The Morgan fingerprint density at radius 2 is 1.82 bits per heavy atom. The van der Waals surface area contributed by atoms with Gasteiger partial charge in [0.05, 0.1) is 10.5 Å². The number of thioether (sulfide) groups is 1. The van der Waals surface area contributed by atoms with Gasteiger partial charge in [0.2, 0.25) is 0 Å². The van der Waals surface area contributed by atoms with E-state index < -0.39 is 14.6 Å². The van der Waals surface area contributed by atoms with Crippen molar-refractivity contribution in [3.8, 4) is 0 Å². The van der Waals surface area contributed by atoms with E-state index in [1.54, 1.807) is 20.9 Å². The molecule has 1 aromatic carbocycles. The molecule has 0 spiro atoms. The lowest BCUT2D eigenvalue weighted by Gasteiger charge is -2.39. The second-order valence-corrected chi connectivity index (χ2v) is 11.6. The number of guanidine groups is 1. The summed E-state index contributed by atoms with van der Waals surface area (Å²) in [7, 11) is -1.30. The van der Waals surface area contributed by atoms with Crippen molar-refractivity contribution in [2.75, 3.05) is 55.4 Å². The van der Waals surface area contributed by atoms with Crippen LogP contribution in [0.3, 0.4) is 0 Å². The van der Waals surface area contributed by atoms with Crippen molar-refractivity contribution in [3.63, 3.8) is 0 Å². The molecule has 158 valence electrons. The normalized spacial score (nSPS) is 21.8. The Kier molecular flexibility index (Phi) is 8.33. The lowest BCUT2D eigenvalue weighted by molar-refractivity contribution is 0.353. The van der Waals surface area contributed by atoms with Gasteiger partial charge in [-0.15, -0.1) is 24.0 Å². The van der Waals surface area contributed by atoms with Gasteiger partial charge in [0.25, 0.3) is 0 Å². The van der Waals surface area contributed by atoms with E-state index in [2.05, 4.69) is 39.5 Å². The lowest BCUT2D eigenvalue weighted by Crippen LogP contribution is -2.57. The number of benzene rings is 1. The van der Waals surface area contributed by atoms with Crippen LogP contribution in [0, 0.1) is 0 Å². The Morgan fingerprint density at radius 3 is 2.39 bits per heavy atom. The number of hydrogen-bond donors (Lipinski definition) is 1. The summed E-state index contributed by atoms with van der Waals surface area (Å²) in [5.74, 6) is 3.32. The highest BCUT2D eigenvalue weighted by Gasteiger charge is 2.40. The predicted octanol–water partition coefficient (Wildman–Crippen LogP) is 2.44. The smallest absolute Gasteiger partial charge is 0.193 e. The minimum Gasteiger partial charge on any atom is -0.370 e. The first-order chi connectivity index (χ1) is 12.8. The third kappa shape index (κ3) is 5.47. The average molecular weight is 539 g/mol. The van der Waals surface area contributed by atoms with E-state index in [1.807, 2.05) is 16.7 Å². The zero-order valence-electron chi connectivity index (χ0n) is 16.8. The number of sulfone groups is 1. The van der Waals surface area contributed by atoms with Crippen LogP contribution in [-0.4, -0.2) is 74.5 Å². The summed E-state index contributed by atoms with van der Waals surface area (Å²) in [6.07, 6.45) is 0. The van der Waals surface area contributed by atoms with Gasteiger partial charge in [0.15, 0.2) is 15.8 Å². The van der Waals surface area contributed by atoms with E-state index in [1.165, 1.54) is 22.8 Å². The number of aliphatic imine (C=N–C) groups is 1. The molecule has 28 heavy (non-hydrogen) atoms. The molecule has 9 heteroatoms. The zero-order valence-corrected chi connectivity index (χ0v) is 20.8. The number of nitrogens with zero attached hydrogens (tertiary/aromatic N) is 3. The molecule has 6 nitrogen and oxygen atoms in total. The van der Waals surface area contributed by atoms with Gasteiger partial charge in [-0.1, -0.05) is 12.1 Å². The molecule has 0 saturated carbocycles. The second kappa shape index (κ2) is 9.88. The fourth-order valence-electron chi connectivity index (χ4n) is 3.48. The molecule has 1 aromatic rings. The summed E-state index contributed by atoms with van der Waals surface area (Å²) < 4.78 is 23.7. The maximum atomic E-state index is 12.2. The zero-order chi connectivity index (χ0) is 19.5. The molecule has 2 heterocycles. The summed E-state index contributed by atoms with van der Waals surface area (Å²) in [4.78, 5) is 8.83. The van der Waals surface area contributed by atoms with Crippen molar-refractivity contribution < 1.29 is 8.42 Å². The first-order valence-corrected chi connectivity index (χ1v) is 12.2. The predicted molar refractivity (Wildman–Crippen MR) is 131 cm³/mol. The van der Waals surface area contributed by atoms with E-state index in [4.69, 9.17) is 0 Å². The minimum absolute atomic E-state index is 0. The number of nitrogens with one attached hydrogen (secondary N) is 1. The number of rotatable bonds is 3. The van der Waals surface area contributed by atoms with Gasteiger partial charge >= 0.3 is 0 Å². The minimum atomic E-state index is -3.05. The van der Waals surface area contributed by atoms with E-state index >= 15 is 0 Å². The monoisotopic (exact) mass is 538 g/mol. The number of hydrogen-bond acceptors (Lipinski definition) is 5. The Hall–Kier alpha value is -0.680. The molecule has 0 aliphatic carbocycles. The van der Waals surface area contributed by atoms with Crippen molar-refractivity contribution in [2.24, 2.45) is 4.99 Å². The van der Waals surface area contributed by atoms with Gasteiger partial charge in [-0.05, 0) is 31.5 Å². The highest BCUT2D eigenvalue weighted by atomic mass is 127. The van der Waals surface area contributed by atoms with Gasteiger partial charge in [-0.25, -0.2) is 8.42 Å². The van der Waals surface area contributed by atoms with Crippen LogP contribution >= 0.6 is 35.7 Å². The molecule has 2 saturated heterocycles. The van der Waals surface area contributed by atoms with E-state index in [0.717, 1.165) is 19.0 Å². The van der Waals surface area contributed by atoms with E-state index in [9.17, 15) is 8.42 Å². The van der Waals surface area contributed by atoms with Crippen LogP contribution in [0.2, 0.25) is 0 Å². The Labute approximate surface area is 190 Å². The van der Waals surface area contributed by atoms with E-state index in [0.29, 0.717) is 19.6 Å². The van der Waals surface area contributed by atoms with Crippen LogP contribution in [0.15, 0.2) is 29.3 Å². The van der Waals surface area contributed by atoms with Gasteiger partial charge in [-0.3, -0.25) is 4.99 Å². The van der Waals surface area contributed by atoms with Crippen LogP contribution < -0.4 is 10.2 Å². The molecule has 2 fully saturated rings. The van der Waals surface area contributed by atoms with Crippen molar-refractivity contribution >= 4 is 57.2 Å². The lowest BCUT2D eigenvalue weighted by atomic mass is 10.2. The molecule has 2 aliphatic heterocycles. The van der Waals surface area contributed by atoms with Crippen LogP contribution in [-0.2, 0) is 16.4 Å². The highest BCUT2D eigenvalue weighted by molar-refractivity contribution is 14.0. The van der Waals surface area contributed by atoms with E-state index in [-0.39, 0.29) is 29.7 Å². The van der Waals surface area contributed by atoms with Gasteiger partial charge in [0, 0.05) is 57.0 Å². The van der Waals surface area contributed by atoms with Crippen molar-refractivity contribution in [3.05, 3.63) is 29.8 Å². The number of halogens is 1. The molecule has 0 unspecified atom stereocenters. The second-order valence-electron chi connectivity index (χ2n) is 7.67. The molecule has 1 N–H and O–H groups in total. The third-order valence-electron chi connectivity index (χ3n) is 5.32. The first kappa shape index (κ1) is 23.6. The third-order valence-corrected chi connectivity index (χ3v) is 8.79. The Balaban J connectivity index is 0.00000280. The standard InChI is InChI=1S/C19H30N4O2S2.HI/c1-19(2)15-23(10-13-27(19,24)25)18(20-3)21-14-16-4-6-17(7-5-16)22-8-11-26-12-9-22;/h4-7H,8-15H2,1-3H3,(H,20,21);1H. The number of anilines is 1. The molecule has 3 rings (SSSR count). The fourth-order valence-corrected chi connectivity index (χ4v) is 5.75. The van der Waals surface area contributed by atoms with Crippen LogP contribution in [0.5, 0.6) is 0 Å². The molecule has 0 radical (unpaired) electrons. The van der Waals surface area contributed by atoms with Gasteiger partial charge < -0.3 is 15.1 Å². The molecule has 0 bridgehead atoms. The summed E-state index contributed by atoms with van der Waals surface area (Å²) in [6.45, 7) is 7.43. The quantitative estimate of drug-likeness (QED) is 0.363. The molecule has 0 amide bonds. The van der Waals surface area contributed by atoms with Gasteiger partial charge in [0.1, 0.15) is 0 Å². The molecule has 0 aromatic heterocycles. The summed E-state index contributed by atoms with van der Waals surface area (Å²) in [5.41, 5.74) is 2.47. The molecule has 2 aliphatic rings. The summed E-state index contributed by atoms with van der Waals surface area (Å²) in [5, 5.41) is 3.38. The summed E-state index contributed by atoms with van der Waals surface area (Å²) >= 11 is 2.02. The van der Waals surface area contributed by atoms with Crippen LogP contribution in [0.25, 0.3) is 0 Å². The van der Waals surface area contributed by atoms with Crippen molar-refractivity contribution in [2.45, 2.75) is 25.1 Å². The average Bonchev–Trinajstić information content (AvgIpc) is 2.66. The Bertz CT molecular complexity index is 776. The molecular formula is C19H31IN4O2S2. The van der Waals surface area contributed by atoms with Crippen LogP contribution in [0.1, 0.15) is 19.4 Å². The van der Waals surface area contributed by atoms with Crippen LogP contribution in [0.4, 0.5) is 5.69 Å². The largest absolute Gasteiger partial charge is 0.370 e. The van der Waals surface area contributed by atoms with Gasteiger partial charge in [-0.2, -0.15) is 11.8 Å². The maximum Gasteiger partial charge on any atom is 0.193 e.